The lowest BCUT2D eigenvalue weighted by Crippen LogP contribution is -2.33. The molecule has 4 aliphatic rings. The molecule has 3 nitrogen and oxygen atoms in total. The van der Waals surface area contributed by atoms with Gasteiger partial charge in [0.1, 0.15) is 12.0 Å². The van der Waals surface area contributed by atoms with Gasteiger partial charge in [0.05, 0.1) is 5.41 Å². The molecule has 302 valence electrons. The summed E-state index contributed by atoms with van der Waals surface area (Å²) in [6.07, 6.45) is 2.70. The zero-order chi connectivity index (χ0) is 42.4. The second-order valence-corrected chi connectivity index (χ2v) is 19.2. The summed E-state index contributed by atoms with van der Waals surface area (Å²) >= 11 is 3.74. The molecule has 0 radical (unpaired) electrons. The minimum atomic E-state index is -0.429. The molecule has 0 amide bonds. The molecule has 1 unspecified atom stereocenters. The number of hydrogen-bond donors (Lipinski definition) is 1. The molecule has 1 spiro atoms. The second kappa shape index (κ2) is 14.6. The molecular weight excluding hydrogens is 815 g/mol. The number of thiophene rings is 1. The molecule has 64 heavy (non-hydrogen) atoms. The Bertz CT molecular complexity index is 3460. The molecule has 0 saturated heterocycles. The van der Waals surface area contributed by atoms with Crippen molar-refractivity contribution in [1.82, 2.24) is 5.32 Å². The lowest BCUT2D eigenvalue weighted by molar-refractivity contribution is 0.675. The van der Waals surface area contributed by atoms with Crippen LogP contribution in [0.5, 0.6) is 0 Å². The van der Waals surface area contributed by atoms with Gasteiger partial charge in [0.25, 0.3) is 0 Å². The van der Waals surface area contributed by atoms with Gasteiger partial charge in [-0.25, -0.2) is 9.98 Å². The Morgan fingerprint density at radius 2 is 1.17 bits per heavy atom. The summed E-state index contributed by atoms with van der Waals surface area (Å²) < 4.78 is 1.25. The number of benzene rings is 8. The first-order valence-corrected chi connectivity index (χ1v) is 23.4. The van der Waals surface area contributed by atoms with E-state index in [0.717, 1.165) is 40.1 Å². The van der Waals surface area contributed by atoms with Crippen molar-refractivity contribution >= 4 is 50.4 Å². The lowest BCUT2D eigenvalue weighted by Gasteiger charge is -2.39. The molecule has 8 aromatic carbocycles. The van der Waals surface area contributed by atoms with E-state index in [0.29, 0.717) is 5.84 Å². The number of nitrogens with one attached hydrogen (secondary N) is 1. The predicted octanol–water partition coefficient (Wildman–Crippen LogP) is 14.7. The van der Waals surface area contributed by atoms with Gasteiger partial charge in [-0.05, 0) is 109 Å². The van der Waals surface area contributed by atoms with Crippen LogP contribution in [0, 0.1) is 0 Å². The van der Waals surface area contributed by atoms with Gasteiger partial charge in [0, 0.05) is 47.9 Å². The van der Waals surface area contributed by atoms with Crippen LogP contribution in [0.2, 0.25) is 0 Å². The van der Waals surface area contributed by atoms with Crippen LogP contribution < -0.4 is 5.32 Å². The number of allylic oxidation sites excluding steroid dienone is 2. The Morgan fingerprint density at radius 3 is 1.97 bits per heavy atom. The third-order valence-electron chi connectivity index (χ3n) is 13.3. The van der Waals surface area contributed by atoms with Crippen LogP contribution in [0.4, 0.5) is 0 Å². The SMILES string of the molecule is C=C1C=C(C2=NC(c3ccccc3)NC(c3cccc(-c4ccccc4)c3)=N2)c2c(sc3ccc(-c4ccc5c(c4)C4(c6ccccc6Sc6ccccc64)c4ccccc4-5)cc23)C1. The molecule has 0 saturated carbocycles. The third kappa shape index (κ3) is 5.74. The monoisotopic (exact) mass is 853 g/mol. The zero-order valence-corrected chi connectivity index (χ0v) is 36.4. The van der Waals surface area contributed by atoms with E-state index in [1.54, 1.807) is 0 Å². The van der Waals surface area contributed by atoms with E-state index < -0.39 is 5.41 Å². The molecule has 0 bridgehead atoms. The smallest absolute Gasteiger partial charge is 0.160 e. The summed E-state index contributed by atoms with van der Waals surface area (Å²) in [4.78, 5) is 14.7. The van der Waals surface area contributed by atoms with Gasteiger partial charge >= 0.3 is 0 Å². The fraction of sp³-hybridized carbons (Fsp3) is 0.0508. The number of nitrogens with zero attached hydrogens (tertiary/aromatic N) is 2. The summed E-state index contributed by atoms with van der Waals surface area (Å²) in [5, 5.41) is 4.93. The first-order valence-electron chi connectivity index (χ1n) is 21.8. The molecule has 1 N–H and O–H groups in total. The fourth-order valence-electron chi connectivity index (χ4n) is 10.5. The molecular formula is C59H39N3S2. The highest BCUT2D eigenvalue weighted by atomic mass is 32.2. The van der Waals surface area contributed by atoms with Gasteiger partial charge in [-0.15, -0.1) is 11.3 Å². The van der Waals surface area contributed by atoms with Gasteiger partial charge in [-0.3, -0.25) is 0 Å². The average Bonchev–Trinajstić information content (AvgIpc) is 3.87. The van der Waals surface area contributed by atoms with E-state index in [-0.39, 0.29) is 6.17 Å². The number of hydrogen-bond acceptors (Lipinski definition) is 5. The molecule has 13 rings (SSSR count). The van der Waals surface area contributed by atoms with E-state index in [4.69, 9.17) is 9.98 Å². The van der Waals surface area contributed by atoms with Crippen molar-refractivity contribution in [3.8, 4) is 33.4 Å². The van der Waals surface area contributed by atoms with Crippen molar-refractivity contribution in [3.63, 3.8) is 0 Å². The topological polar surface area (TPSA) is 36.8 Å². The lowest BCUT2D eigenvalue weighted by atomic mass is 9.67. The van der Waals surface area contributed by atoms with Crippen LogP contribution in [-0.4, -0.2) is 11.7 Å². The van der Waals surface area contributed by atoms with Crippen molar-refractivity contribution in [2.45, 2.75) is 27.8 Å². The maximum absolute atomic E-state index is 5.39. The Hall–Kier alpha value is -7.31. The van der Waals surface area contributed by atoms with Crippen molar-refractivity contribution < 1.29 is 0 Å². The Kier molecular flexibility index (Phi) is 8.52. The molecule has 0 fully saturated rings. The van der Waals surface area contributed by atoms with Crippen molar-refractivity contribution in [1.29, 1.82) is 0 Å². The summed E-state index contributed by atoms with van der Waals surface area (Å²) in [5.74, 6) is 1.51. The molecule has 9 aromatic rings. The maximum Gasteiger partial charge on any atom is 0.160 e. The minimum Gasteiger partial charge on any atom is -0.344 e. The Balaban J connectivity index is 0.965. The molecule has 3 heterocycles. The standard InChI is InChI=1S/C59H39N3S2/c1-36-31-46(58-61-56(38-17-6-3-7-18-38)60-57(62-58)42-20-14-19-39(33-42)37-15-4-2-5-16-37)55-45-34-40(28-30-51(45)63-54(55)32-36)41-27-29-44-43-21-8-9-22-47(43)59(50(44)35-41)48-23-10-12-25-52(48)64-53-26-13-11-24-49(53)59/h2-31,33-35,56H,1,32H2,(H,60,61,62). The molecule has 1 atom stereocenters. The molecule has 5 heteroatoms. The second-order valence-electron chi connectivity index (χ2n) is 17.0. The van der Waals surface area contributed by atoms with E-state index >= 15 is 0 Å². The van der Waals surface area contributed by atoms with E-state index in [1.165, 1.54) is 80.4 Å². The zero-order valence-electron chi connectivity index (χ0n) is 34.8. The fourth-order valence-corrected chi connectivity index (χ4v) is 12.9. The molecule has 2 aliphatic carbocycles. The van der Waals surface area contributed by atoms with Crippen molar-refractivity contribution in [2.75, 3.05) is 0 Å². The first-order chi connectivity index (χ1) is 31.6. The highest BCUT2D eigenvalue weighted by Crippen LogP contribution is 2.62. The van der Waals surface area contributed by atoms with Crippen LogP contribution in [0.25, 0.3) is 49.0 Å². The van der Waals surface area contributed by atoms with Crippen LogP contribution in [0.15, 0.2) is 232 Å². The third-order valence-corrected chi connectivity index (χ3v) is 15.6. The molecule has 2 aliphatic heterocycles. The van der Waals surface area contributed by atoms with Crippen molar-refractivity contribution in [3.05, 3.63) is 256 Å². The van der Waals surface area contributed by atoms with E-state index in [1.807, 2.05) is 23.1 Å². The molecule has 1 aromatic heterocycles. The van der Waals surface area contributed by atoms with E-state index in [2.05, 4.69) is 212 Å². The normalized spacial score (nSPS) is 16.4. The quantitative estimate of drug-likeness (QED) is 0.187. The summed E-state index contributed by atoms with van der Waals surface area (Å²) in [7, 11) is 0. The van der Waals surface area contributed by atoms with Gasteiger partial charge in [0.15, 0.2) is 5.84 Å². The number of aliphatic imine (C=N–C) groups is 2. The van der Waals surface area contributed by atoms with Gasteiger partial charge < -0.3 is 5.32 Å². The largest absolute Gasteiger partial charge is 0.344 e. The number of rotatable bonds is 5. The average molecular weight is 854 g/mol. The highest BCUT2D eigenvalue weighted by molar-refractivity contribution is 7.99. The number of fused-ring (bicyclic) bond motifs is 12. The Morgan fingerprint density at radius 1 is 0.547 bits per heavy atom. The predicted molar refractivity (Wildman–Crippen MR) is 268 cm³/mol. The van der Waals surface area contributed by atoms with Gasteiger partial charge in [-0.1, -0.05) is 176 Å². The van der Waals surface area contributed by atoms with Crippen LogP contribution in [0.1, 0.15) is 50.0 Å². The van der Waals surface area contributed by atoms with Crippen LogP contribution in [-0.2, 0) is 11.8 Å². The Labute approximate surface area is 380 Å². The first kappa shape index (κ1) is 37.3. The minimum absolute atomic E-state index is 0.319. The van der Waals surface area contributed by atoms with Gasteiger partial charge in [-0.2, -0.15) is 0 Å². The number of amidine groups is 2. The summed E-state index contributed by atoms with van der Waals surface area (Å²) in [5.41, 5.74) is 17.6. The highest BCUT2D eigenvalue weighted by Gasteiger charge is 2.50. The van der Waals surface area contributed by atoms with E-state index in [9.17, 15) is 0 Å². The van der Waals surface area contributed by atoms with Crippen LogP contribution >= 0.6 is 23.1 Å². The summed E-state index contributed by atoms with van der Waals surface area (Å²) in [6.45, 7) is 4.53. The van der Waals surface area contributed by atoms with Gasteiger partial charge in [0.2, 0.25) is 0 Å². The summed E-state index contributed by atoms with van der Waals surface area (Å²) in [6, 6.07) is 70.9. The van der Waals surface area contributed by atoms with Crippen molar-refractivity contribution in [2.24, 2.45) is 9.98 Å². The van der Waals surface area contributed by atoms with Crippen LogP contribution in [0.3, 0.4) is 0 Å². The maximum atomic E-state index is 5.39.